The van der Waals surface area contributed by atoms with Gasteiger partial charge >= 0.3 is 5.95 Å². The Bertz CT molecular complexity index is 1010. The molecule has 10 heteroatoms. The molecule has 4 fully saturated rings. The number of hydrogen-bond acceptors (Lipinski definition) is 5. The van der Waals surface area contributed by atoms with Gasteiger partial charge in [-0.15, -0.1) is 0 Å². The van der Waals surface area contributed by atoms with Crippen molar-refractivity contribution < 1.29 is 14.1 Å². The van der Waals surface area contributed by atoms with Gasteiger partial charge in [0.15, 0.2) is 0 Å². The molecule has 1 heterocycles. The van der Waals surface area contributed by atoms with E-state index >= 15 is 0 Å². The summed E-state index contributed by atoms with van der Waals surface area (Å²) in [5.41, 5.74) is -0.987. The minimum absolute atomic E-state index is 0.112. The Morgan fingerprint density at radius 3 is 2.66 bits per heavy atom. The summed E-state index contributed by atoms with van der Waals surface area (Å²) in [5, 5.41) is 18.2. The van der Waals surface area contributed by atoms with Gasteiger partial charge in [-0.1, -0.05) is 16.6 Å². The van der Waals surface area contributed by atoms with Gasteiger partial charge in [0.1, 0.15) is 5.82 Å². The van der Waals surface area contributed by atoms with Gasteiger partial charge in [-0.05, 0) is 73.5 Å². The monoisotopic (exact) mass is 419 g/mol. The van der Waals surface area contributed by atoms with Crippen LogP contribution in [-0.2, 0) is 10.3 Å². The van der Waals surface area contributed by atoms with Crippen molar-refractivity contribution >= 4 is 29.1 Å². The van der Waals surface area contributed by atoms with Gasteiger partial charge in [0, 0.05) is 10.1 Å². The molecule has 4 saturated carbocycles. The van der Waals surface area contributed by atoms with Gasteiger partial charge in [0.05, 0.1) is 16.6 Å². The van der Waals surface area contributed by atoms with Crippen LogP contribution in [0.3, 0.4) is 0 Å². The lowest BCUT2D eigenvalue weighted by atomic mass is 9.46. The number of rotatable bonds is 4. The van der Waals surface area contributed by atoms with Crippen LogP contribution in [0.25, 0.3) is 0 Å². The van der Waals surface area contributed by atoms with Crippen LogP contribution in [0.2, 0.25) is 5.02 Å². The number of nitrogens with one attached hydrogen (secondary N) is 1. The highest BCUT2D eigenvalue weighted by Crippen LogP contribution is 2.64. The number of nitro groups is 1. The Labute approximate surface area is 170 Å². The normalized spacial score (nSPS) is 32.3. The van der Waals surface area contributed by atoms with Crippen LogP contribution in [0.4, 0.5) is 16.0 Å². The van der Waals surface area contributed by atoms with Gasteiger partial charge in [-0.25, -0.2) is 4.39 Å². The van der Waals surface area contributed by atoms with Crippen LogP contribution in [0.1, 0.15) is 38.5 Å². The third-order valence-corrected chi connectivity index (χ3v) is 7.06. The SMILES string of the molecule is O=C(Nc1ccc(Cl)cc1F)C12CC3CC(C1)CC(n1cnc([N+](=O)[O-])n1)(C3)C2. The van der Waals surface area contributed by atoms with Crippen LogP contribution >= 0.6 is 11.6 Å². The molecule has 29 heavy (non-hydrogen) atoms. The van der Waals surface area contributed by atoms with Crippen LogP contribution in [-0.4, -0.2) is 25.6 Å². The molecule has 1 N–H and O–H groups in total. The fourth-order valence-corrected chi connectivity index (χ4v) is 6.32. The van der Waals surface area contributed by atoms with E-state index in [1.54, 1.807) is 4.68 Å². The Hall–Kier alpha value is -2.55. The van der Waals surface area contributed by atoms with Crippen LogP contribution in [0.15, 0.2) is 24.5 Å². The van der Waals surface area contributed by atoms with Gasteiger partial charge in [0.2, 0.25) is 12.2 Å². The number of anilines is 1. The highest BCUT2D eigenvalue weighted by atomic mass is 35.5. The minimum atomic E-state index is -0.642. The van der Waals surface area contributed by atoms with E-state index in [-0.39, 0.29) is 16.6 Å². The van der Waals surface area contributed by atoms with E-state index in [2.05, 4.69) is 15.4 Å². The molecule has 0 spiro atoms. The first kappa shape index (κ1) is 18.5. The van der Waals surface area contributed by atoms with Crippen molar-refractivity contribution in [3.63, 3.8) is 0 Å². The lowest BCUT2D eigenvalue weighted by Gasteiger charge is -2.60. The zero-order valence-corrected chi connectivity index (χ0v) is 16.2. The zero-order valence-electron chi connectivity index (χ0n) is 15.5. The van der Waals surface area contributed by atoms with Crippen molar-refractivity contribution in [2.24, 2.45) is 17.3 Å². The molecule has 0 aliphatic heterocycles. The number of nitrogens with zero attached hydrogens (tertiary/aromatic N) is 4. The number of carbonyl (C=O) groups is 1. The van der Waals surface area contributed by atoms with Crippen LogP contribution in [0, 0.1) is 33.2 Å². The van der Waals surface area contributed by atoms with E-state index < -0.39 is 27.6 Å². The number of amides is 1. The Morgan fingerprint density at radius 2 is 2.03 bits per heavy atom. The maximum Gasteiger partial charge on any atom is 0.490 e. The third-order valence-electron chi connectivity index (χ3n) is 6.82. The molecule has 6 rings (SSSR count). The molecule has 2 atom stereocenters. The Kier molecular flexibility index (Phi) is 3.96. The average molecular weight is 420 g/mol. The van der Waals surface area contributed by atoms with Crippen molar-refractivity contribution in [2.75, 3.05) is 5.32 Å². The first-order valence-corrected chi connectivity index (χ1v) is 9.99. The van der Waals surface area contributed by atoms with E-state index in [1.807, 2.05) is 0 Å². The summed E-state index contributed by atoms with van der Waals surface area (Å²) in [4.78, 5) is 27.6. The molecule has 4 bridgehead atoms. The first-order chi connectivity index (χ1) is 13.8. The van der Waals surface area contributed by atoms with Crippen molar-refractivity contribution in [2.45, 2.75) is 44.1 Å². The molecule has 2 aromatic rings. The van der Waals surface area contributed by atoms with Gasteiger partial charge in [0.25, 0.3) is 0 Å². The minimum Gasteiger partial charge on any atom is -0.390 e. The summed E-state index contributed by atoms with van der Waals surface area (Å²) in [6, 6.07) is 4.18. The maximum atomic E-state index is 14.2. The van der Waals surface area contributed by atoms with E-state index in [0.29, 0.717) is 18.3 Å². The molecule has 0 saturated heterocycles. The number of benzene rings is 1. The summed E-state index contributed by atoms with van der Waals surface area (Å²) in [6.45, 7) is 0. The lowest BCUT2D eigenvalue weighted by molar-refractivity contribution is -0.394. The molecular formula is C19H19ClFN5O3. The smallest absolute Gasteiger partial charge is 0.390 e. The lowest BCUT2D eigenvalue weighted by Crippen LogP contribution is -2.60. The second-order valence-electron chi connectivity index (χ2n) is 8.79. The Morgan fingerprint density at radius 1 is 1.31 bits per heavy atom. The van der Waals surface area contributed by atoms with E-state index in [9.17, 15) is 19.3 Å². The average Bonchev–Trinajstić information content (AvgIpc) is 3.14. The highest BCUT2D eigenvalue weighted by Gasteiger charge is 2.62. The maximum absolute atomic E-state index is 14.2. The van der Waals surface area contributed by atoms with Crippen LogP contribution in [0.5, 0.6) is 0 Å². The van der Waals surface area contributed by atoms with Crippen molar-refractivity contribution in [1.29, 1.82) is 0 Å². The number of carbonyl (C=O) groups excluding carboxylic acids is 1. The second kappa shape index (κ2) is 6.22. The molecule has 2 unspecified atom stereocenters. The van der Waals surface area contributed by atoms with Crippen LogP contribution < -0.4 is 5.32 Å². The third kappa shape index (κ3) is 2.90. The second-order valence-corrected chi connectivity index (χ2v) is 9.23. The molecule has 1 aromatic heterocycles. The molecule has 1 aromatic carbocycles. The standard InChI is InChI=1S/C19H19ClFN5O3/c20-13-1-2-15(14(21)4-13)23-16(27)18-5-11-3-12(6-18)8-19(7-11,9-18)25-10-22-17(24-25)26(28)29/h1-2,4,10-12H,3,5-9H2,(H,23,27). The number of halogens is 2. The van der Waals surface area contributed by atoms with Crippen molar-refractivity contribution in [3.8, 4) is 0 Å². The topological polar surface area (TPSA) is 103 Å². The van der Waals surface area contributed by atoms with E-state index in [1.165, 1.54) is 24.5 Å². The van der Waals surface area contributed by atoms with Crippen molar-refractivity contribution in [1.82, 2.24) is 14.8 Å². The molecule has 8 nitrogen and oxygen atoms in total. The van der Waals surface area contributed by atoms with Gasteiger partial charge < -0.3 is 15.4 Å². The largest absolute Gasteiger partial charge is 0.490 e. The van der Waals surface area contributed by atoms with Gasteiger partial charge in [-0.2, -0.15) is 4.68 Å². The summed E-state index contributed by atoms with van der Waals surface area (Å²) >= 11 is 5.80. The Balaban J connectivity index is 1.47. The van der Waals surface area contributed by atoms with E-state index in [4.69, 9.17) is 11.6 Å². The quantitative estimate of drug-likeness (QED) is 0.597. The first-order valence-electron chi connectivity index (χ1n) is 9.62. The predicted octanol–water partition coefficient (Wildman–Crippen LogP) is 3.91. The molecule has 0 radical (unpaired) electrons. The fourth-order valence-electron chi connectivity index (χ4n) is 6.16. The molecule has 152 valence electrons. The predicted molar refractivity (Wildman–Crippen MR) is 102 cm³/mol. The van der Waals surface area contributed by atoms with Gasteiger partial charge in [-0.3, -0.25) is 4.79 Å². The summed E-state index contributed by atoms with van der Waals surface area (Å²) in [5.74, 6) is -0.535. The summed E-state index contributed by atoms with van der Waals surface area (Å²) in [6.07, 6.45) is 6.11. The summed E-state index contributed by atoms with van der Waals surface area (Å²) in [7, 11) is 0. The molecule has 1 amide bonds. The molecule has 4 aliphatic rings. The van der Waals surface area contributed by atoms with Crippen molar-refractivity contribution in [3.05, 3.63) is 45.5 Å². The molecule has 4 aliphatic carbocycles. The number of aromatic nitrogens is 3. The summed E-state index contributed by atoms with van der Waals surface area (Å²) < 4.78 is 15.8. The number of hydrogen-bond donors (Lipinski definition) is 1. The molecular weight excluding hydrogens is 401 g/mol. The highest BCUT2D eigenvalue weighted by molar-refractivity contribution is 6.30. The fraction of sp³-hybridized carbons (Fsp3) is 0.526. The zero-order chi connectivity index (χ0) is 20.4. The van der Waals surface area contributed by atoms with E-state index in [0.717, 1.165) is 32.1 Å².